The summed E-state index contributed by atoms with van der Waals surface area (Å²) in [7, 11) is 0. The number of imidazole rings is 1. The Morgan fingerprint density at radius 3 is 2.75 bits per heavy atom. The van der Waals surface area contributed by atoms with Crippen molar-refractivity contribution < 1.29 is 4.79 Å². The summed E-state index contributed by atoms with van der Waals surface area (Å²) < 4.78 is 3.17. The van der Waals surface area contributed by atoms with E-state index >= 15 is 0 Å². The van der Waals surface area contributed by atoms with E-state index in [-0.39, 0.29) is 24.2 Å². The molecule has 1 amide bonds. The van der Waals surface area contributed by atoms with Gasteiger partial charge in [0.2, 0.25) is 5.91 Å². The third-order valence-corrected chi connectivity index (χ3v) is 2.58. The highest BCUT2D eigenvalue weighted by atomic mass is 16.2. The van der Waals surface area contributed by atoms with Crippen LogP contribution in [0.5, 0.6) is 0 Å². The molecule has 0 radical (unpaired) electrons. The highest BCUT2D eigenvalue weighted by Crippen LogP contribution is 2.33. The van der Waals surface area contributed by atoms with Crippen molar-refractivity contribution in [1.29, 1.82) is 0 Å². The van der Waals surface area contributed by atoms with Gasteiger partial charge in [-0.3, -0.25) is 13.9 Å². The number of nitrogens with zero attached hydrogens (tertiary/aromatic N) is 2. The molecular weight excluding hydrogens is 206 g/mol. The van der Waals surface area contributed by atoms with Crippen molar-refractivity contribution in [2.45, 2.75) is 45.3 Å². The SMILES string of the molecule is CC(C)NC(=O)Cn1ccn(C2CC2)c1=O. The van der Waals surface area contributed by atoms with Crippen LogP contribution in [0.3, 0.4) is 0 Å². The second-order valence-corrected chi connectivity index (χ2v) is 4.57. The molecule has 0 atom stereocenters. The number of amides is 1. The third-order valence-electron chi connectivity index (χ3n) is 2.58. The molecule has 1 aromatic rings. The van der Waals surface area contributed by atoms with E-state index in [2.05, 4.69) is 5.32 Å². The fourth-order valence-corrected chi connectivity index (χ4v) is 1.70. The predicted octanol–water partition coefficient (Wildman–Crippen LogP) is 0.509. The monoisotopic (exact) mass is 223 g/mol. The zero-order valence-corrected chi connectivity index (χ0v) is 9.64. The maximum atomic E-state index is 11.8. The minimum atomic E-state index is -0.120. The maximum absolute atomic E-state index is 11.8. The first-order valence-electron chi connectivity index (χ1n) is 5.64. The van der Waals surface area contributed by atoms with Crippen LogP contribution in [0.4, 0.5) is 0 Å². The number of hydrogen-bond donors (Lipinski definition) is 1. The Balaban J connectivity index is 2.04. The molecule has 1 fully saturated rings. The molecule has 0 aliphatic heterocycles. The molecule has 2 rings (SSSR count). The molecule has 16 heavy (non-hydrogen) atoms. The molecule has 1 aliphatic rings. The molecule has 0 saturated heterocycles. The lowest BCUT2D eigenvalue weighted by molar-refractivity contribution is -0.122. The molecule has 1 N–H and O–H groups in total. The van der Waals surface area contributed by atoms with Gasteiger partial charge in [-0.2, -0.15) is 0 Å². The van der Waals surface area contributed by atoms with Crippen LogP contribution in [0.2, 0.25) is 0 Å². The van der Waals surface area contributed by atoms with Crippen LogP contribution in [-0.4, -0.2) is 21.1 Å². The largest absolute Gasteiger partial charge is 0.352 e. The van der Waals surface area contributed by atoms with Gasteiger partial charge in [-0.05, 0) is 26.7 Å². The minimum absolute atomic E-state index is 0.0820. The van der Waals surface area contributed by atoms with Crippen LogP contribution in [0, 0.1) is 0 Å². The lowest BCUT2D eigenvalue weighted by atomic mass is 10.4. The van der Waals surface area contributed by atoms with E-state index in [0.717, 1.165) is 12.8 Å². The number of nitrogens with one attached hydrogen (secondary N) is 1. The van der Waals surface area contributed by atoms with Gasteiger partial charge in [-0.25, -0.2) is 4.79 Å². The molecule has 0 spiro atoms. The number of rotatable bonds is 4. The standard InChI is InChI=1S/C11H17N3O2/c1-8(2)12-10(15)7-13-5-6-14(11(13)16)9-3-4-9/h5-6,8-9H,3-4,7H2,1-2H3,(H,12,15). The second kappa shape index (κ2) is 4.15. The Hall–Kier alpha value is -1.52. The van der Waals surface area contributed by atoms with E-state index in [0.29, 0.717) is 6.04 Å². The molecular formula is C11H17N3O2. The molecule has 1 aliphatic carbocycles. The molecule has 5 heteroatoms. The average molecular weight is 223 g/mol. The van der Waals surface area contributed by atoms with Gasteiger partial charge in [-0.1, -0.05) is 0 Å². The summed E-state index contributed by atoms with van der Waals surface area (Å²) in [4.78, 5) is 23.3. The first-order chi connectivity index (χ1) is 7.58. The minimum Gasteiger partial charge on any atom is -0.352 e. The van der Waals surface area contributed by atoms with E-state index in [9.17, 15) is 9.59 Å². The van der Waals surface area contributed by atoms with Gasteiger partial charge in [0.25, 0.3) is 0 Å². The number of carbonyl (C=O) groups is 1. The molecule has 5 nitrogen and oxygen atoms in total. The lowest BCUT2D eigenvalue weighted by Gasteiger charge is -2.07. The summed E-state index contributed by atoms with van der Waals surface area (Å²) in [5, 5.41) is 2.76. The molecule has 0 bridgehead atoms. The zero-order valence-electron chi connectivity index (χ0n) is 9.64. The highest BCUT2D eigenvalue weighted by molar-refractivity contribution is 5.75. The van der Waals surface area contributed by atoms with Gasteiger partial charge in [-0.15, -0.1) is 0 Å². The number of hydrogen-bond acceptors (Lipinski definition) is 2. The Kier molecular flexibility index (Phi) is 2.85. The van der Waals surface area contributed by atoms with Crippen LogP contribution < -0.4 is 11.0 Å². The summed E-state index contributed by atoms with van der Waals surface area (Å²) in [5.41, 5.74) is -0.0820. The van der Waals surface area contributed by atoms with Crippen molar-refractivity contribution in [3.63, 3.8) is 0 Å². The summed E-state index contributed by atoms with van der Waals surface area (Å²) in [5.74, 6) is -0.120. The fourth-order valence-electron chi connectivity index (χ4n) is 1.70. The van der Waals surface area contributed by atoms with Crippen molar-refractivity contribution in [3.05, 3.63) is 22.9 Å². The van der Waals surface area contributed by atoms with Gasteiger partial charge < -0.3 is 5.32 Å². The van der Waals surface area contributed by atoms with E-state index in [1.54, 1.807) is 17.0 Å². The summed E-state index contributed by atoms with van der Waals surface area (Å²) in [6.45, 7) is 3.91. The Labute approximate surface area is 94.1 Å². The van der Waals surface area contributed by atoms with E-state index < -0.39 is 0 Å². The van der Waals surface area contributed by atoms with Crippen LogP contribution in [-0.2, 0) is 11.3 Å². The summed E-state index contributed by atoms with van der Waals surface area (Å²) in [6, 6.07) is 0.468. The third kappa shape index (κ3) is 2.35. The predicted molar refractivity (Wildman–Crippen MR) is 60.2 cm³/mol. The Morgan fingerprint density at radius 1 is 1.50 bits per heavy atom. The van der Waals surface area contributed by atoms with Crippen molar-refractivity contribution in [2.24, 2.45) is 0 Å². The van der Waals surface area contributed by atoms with Gasteiger partial charge in [0.1, 0.15) is 6.54 Å². The Bertz CT molecular complexity index is 440. The molecule has 1 saturated carbocycles. The number of aromatic nitrogens is 2. The van der Waals surface area contributed by atoms with Crippen molar-refractivity contribution in [2.75, 3.05) is 0 Å². The van der Waals surface area contributed by atoms with E-state index in [4.69, 9.17) is 0 Å². The quantitative estimate of drug-likeness (QED) is 0.808. The van der Waals surface area contributed by atoms with Crippen molar-refractivity contribution >= 4 is 5.91 Å². The normalized spacial score (nSPS) is 15.4. The number of carbonyl (C=O) groups excluding carboxylic acids is 1. The van der Waals surface area contributed by atoms with Crippen LogP contribution >= 0.6 is 0 Å². The smallest absolute Gasteiger partial charge is 0.328 e. The van der Waals surface area contributed by atoms with Crippen molar-refractivity contribution in [3.8, 4) is 0 Å². The molecule has 88 valence electrons. The van der Waals surface area contributed by atoms with Crippen LogP contribution in [0.1, 0.15) is 32.7 Å². The first kappa shape index (κ1) is 11.0. The van der Waals surface area contributed by atoms with Gasteiger partial charge >= 0.3 is 5.69 Å². The maximum Gasteiger partial charge on any atom is 0.328 e. The molecule has 1 aromatic heterocycles. The molecule has 0 aromatic carbocycles. The van der Waals surface area contributed by atoms with Gasteiger partial charge in [0.05, 0.1) is 0 Å². The summed E-state index contributed by atoms with van der Waals surface area (Å²) in [6.07, 6.45) is 5.59. The average Bonchev–Trinajstić information content (AvgIpc) is 2.94. The molecule has 0 unspecified atom stereocenters. The van der Waals surface area contributed by atoms with Crippen LogP contribution in [0.25, 0.3) is 0 Å². The second-order valence-electron chi connectivity index (χ2n) is 4.57. The van der Waals surface area contributed by atoms with Crippen LogP contribution in [0.15, 0.2) is 17.2 Å². The van der Waals surface area contributed by atoms with Gasteiger partial charge in [0.15, 0.2) is 0 Å². The highest BCUT2D eigenvalue weighted by Gasteiger charge is 2.25. The first-order valence-corrected chi connectivity index (χ1v) is 5.64. The molecule has 1 heterocycles. The van der Waals surface area contributed by atoms with E-state index in [1.165, 1.54) is 4.57 Å². The summed E-state index contributed by atoms with van der Waals surface area (Å²) >= 11 is 0. The van der Waals surface area contributed by atoms with Crippen molar-refractivity contribution in [1.82, 2.24) is 14.5 Å². The topological polar surface area (TPSA) is 56.0 Å². The Morgan fingerprint density at radius 2 is 2.19 bits per heavy atom. The lowest BCUT2D eigenvalue weighted by Crippen LogP contribution is -2.36. The van der Waals surface area contributed by atoms with Gasteiger partial charge in [0, 0.05) is 24.5 Å². The zero-order chi connectivity index (χ0) is 11.7. The van der Waals surface area contributed by atoms with E-state index in [1.807, 2.05) is 13.8 Å². The fraction of sp³-hybridized carbons (Fsp3) is 0.636.